The highest BCUT2D eigenvalue weighted by Gasteiger charge is 2.20. The third-order valence-electron chi connectivity index (χ3n) is 4.97. The Labute approximate surface area is 188 Å². The number of benzene rings is 3. The van der Waals surface area contributed by atoms with Gasteiger partial charge in [-0.05, 0) is 69.4 Å². The summed E-state index contributed by atoms with van der Waals surface area (Å²) < 4.78 is 35.2. The van der Waals surface area contributed by atoms with Gasteiger partial charge in [0, 0.05) is 5.56 Å². The Morgan fingerprint density at radius 1 is 0.903 bits per heavy atom. The zero-order chi connectivity index (χ0) is 22.2. The third kappa shape index (κ3) is 4.27. The molecular formula is C23H19BrN2O4S. The van der Waals surface area contributed by atoms with E-state index >= 15 is 0 Å². The molecule has 31 heavy (non-hydrogen) atoms. The number of aryl methyl sites for hydroxylation is 1. The normalized spacial score (nSPS) is 11.5. The second kappa shape index (κ2) is 8.30. The Bertz CT molecular complexity index is 1350. The molecule has 0 bridgehead atoms. The molecule has 1 heterocycles. The van der Waals surface area contributed by atoms with E-state index < -0.39 is 10.0 Å². The van der Waals surface area contributed by atoms with Gasteiger partial charge in [0.05, 0.1) is 22.2 Å². The fourth-order valence-electron chi connectivity index (χ4n) is 3.29. The average molecular weight is 499 g/mol. The highest BCUT2D eigenvalue weighted by Crippen LogP contribution is 2.39. The number of methoxy groups -OCH3 is 1. The van der Waals surface area contributed by atoms with Crippen LogP contribution in [0.2, 0.25) is 0 Å². The number of hydrogen-bond donors (Lipinski definition) is 1. The quantitative estimate of drug-likeness (QED) is 0.397. The molecule has 0 unspecified atom stereocenters. The molecular weight excluding hydrogens is 480 g/mol. The molecule has 0 fully saturated rings. The summed E-state index contributed by atoms with van der Waals surface area (Å²) in [6.45, 7) is 1.80. The van der Waals surface area contributed by atoms with E-state index in [0.29, 0.717) is 21.5 Å². The number of ether oxygens (including phenoxy) is 1. The van der Waals surface area contributed by atoms with Crippen molar-refractivity contribution in [1.29, 1.82) is 0 Å². The van der Waals surface area contributed by atoms with Crippen LogP contribution in [0.25, 0.3) is 33.6 Å². The molecule has 0 aliphatic heterocycles. The van der Waals surface area contributed by atoms with Crippen LogP contribution in [-0.4, -0.2) is 20.7 Å². The lowest BCUT2D eigenvalue weighted by Crippen LogP contribution is -2.12. The number of halogens is 1. The molecule has 0 saturated carbocycles. The monoisotopic (exact) mass is 498 g/mol. The molecule has 158 valence electrons. The summed E-state index contributed by atoms with van der Waals surface area (Å²) in [5.41, 5.74) is 5.05. The predicted octanol–water partition coefficient (Wildman–Crippen LogP) is 5.40. The summed E-state index contributed by atoms with van der Waals surface area (Å²) >= 11 is 3.48. The van der Waals surface area contributed by atoms with Crippen molar-refractivity contribution >= 4 is 26.0 Å². The highest BCUT2D eigenvalue weighted by molar-refractivity contribution is 9.10. The minimum Gasteiger partial charge on any atom is -0.497 e. The maximum Gasteiger partial charge on any atom is 0.238 e. The van der Waals surface area contributed by atoms with Crippen molar-refractivity contribution in [3.8, 4) is 39.3 Å². The van der Waals surface area contributed by atoms with E-state index in [1.165, 1.54) is 12.1 Å². The first kappa shape index (κ1) is 21.3. The molecule has 4 rings (SSSR count). The molecule has 8 heteroatoms. The topological polar surface area (TPSA) is 95.4 Å². The van der Waals surface area contributed by atoms with Crippen LogP contribution < -0.4 is 9.88 Å². The van der Waals surface area contributed by atoms with Gasteiger partial charge in [-0.1, -0.05) is 47.6 Å². The van der Waals surface area contributed by atoms with Crippen LogP contribution in [0.3, 0.4) is 0 Å². The number of primary sulfonamides is 1. The summed E-state index contributed by atoms with van der Waals surface area (Å²) in [6.07, 6.45) is 0. The predicted molar refractivity (Wildman–Crippen MR) is 123 cm³/mol. The van der Waals surface area contributed by atoms with E-state index in [4.69, 9.17) is 14.4 Å². The van der Waals surface area contributed by atoms with Crippen LogP contribution in [0, 0.1) is 6.92 Å². The van der Waals surface area contributed by atoms with Gasteiger partial charge in [-0.2, -0.15) is 0 Å². The molecule has 6 nitrogen and oxygen atoms in total. The third-order valence-corrected chi connectivity index (χ3v) is 6.82. The molecule has 3 aromatic carbocycles. The van der Waals surface area contributed by atoms with E-state index in [1.54, 1.807) is 20.1 Å². The van der Waals surface area contributed by atoms with Crippen LogP contribution in [0.15, 0.2) is 80.6 Å². The smallest absolute Gasteiger partial charge is 0.238 e. The standard InChI is InChI=1S/C23H19BrN2O4S/c1-14-22(24)23(30-26-14)21-13-19(31(25,27)28)11-12-20(21)17-5-3-15(4-6-17)16-7-9-18(29-2)10-8-16/h3-13H,1-2H3,(H2,25,27,28). The van der Waals surface area contributed by atoms with Gasteiger partial charge in [-0.3, -0.25) is 0 Å². The summed E-state index contributed by atoms with van der Waals surface area (Å²) in [7, 11) is -2.24. The molecule has 0 spiro atoms. The minimum absolute atomic E-state index is 0.00190. The lowest BCUT2D eigenvalue weighted by atomic mass is 9.96. The zero-order valence-corrected chi connectivity index (χ0v) is 19.2. The second-order valence-electron chi connectivity index (χ2n) is 6.97. The van der Waals surface area contributed by atoms with Gasteiger partial charge in [-0.25, -0.2) is 13.6 Å². The van der Waals surface area contributed by atoms with E-state index in [1.807, 2.05) is 48.5 Å². The van der Waals surface area contributed by atoms with Gasteiger partial charge < -0.3 is 9.26 Å². The Kier molecular flexibility index (Phi) is 5.70. The largest absolute Gasteiger partial charge is 0.497 e. The summed E-state index contributed by atoms with van der Waals surface area (Å²) in [5.74, 6) is 1.24. The first-order valence-electron chi connectivity index (χ1n) is 9.32. The van der Waals surface area contributed by atoms with Gasteiger partial charge in [0.15, 0.2) is 5.76 Å². The Hall–Kier alpha value is -2.94. The van der Waals surface area contributed by atoms with Gasteiger partial charge in [0.1, 0.15) is 5.75 Å². The molecule has 0 aliphatic rings. The SMILES string of the molecule is COc1ccc(-c2ccc(-c3ccc(S(N)(=O)=O)cc3-c3onc(C)c3Br)cc2)cc1. The number of rotatable bonds is 5. The zero-order valence-electron chi connectivity index (χ0n) is 16.8. The number of sulfonamides is 1. The molecule has 1 aromatic heterocycles. The van der Waals surface area contributed by atoms with E-state index in [9.17, 15) is 8.42 Å². The Balaban J connectivity index is 1.80. The number of nitrogens with two attached hydrogens (primary N) is 1. The number of aromatic nitrogens is 1. The van der Waals surface area contributed by atoms with Gasteiger partial charge in [0.25, 0.3) is 0 Å². The van der Waals surface area contributed by atoms with E-state index in [2.05, 4.69) is 21.1 Å². The summed E-state index contributed by atoms with van der Waals surface area (Å²) in [6, 6.07) is 20.5. The Morgan fingerprint density at radius 2 is 1.48 bits per heavy atom. The fourth-order valence-corrected chi connectivity index (χ4v) is 4.19. The second-order valence-corrected chi connectivity index (χ2v) is 9.32. The van der Waals surface area contributed by atoms with Crippen molar-refractivity contribution in [2.45, 2.75) is 11.8 Å². The van der Waals surface area contributed by atoms with Crippen molar-refractivity contribution in [1.82, 2.24) is 5.16 Å². The van der Waals surface area contributed by atoms with Crippen molar-refractivity contribution in [2.24, 2.45) is 5.14 Å². The minimum atomic E-state index is -3.87. The van der Waals surface area contributed by atoms with Crippen molar-refractivity contribution in [2.75, 3.05) is 7.11 Å². The van der Waals surface area contributed by atoms with Gasteiger partial charge in [-0.15, -0.1) is 0 Å². The fraction of sp³-hybridized carbons (Fsp3) is 0.0870. The van der Waals surface area contributed by atoms with Crippen molar-refractivity contribution in [3.05, 3.63) is 76.9 Å². The van der Waals surface area contributed by atoms with E-state index in [-0.39, 0.29) is 4.90 Å². The van der Waals surface area contributed by atoms with Crippen molar-refractivity contribution in [3.63, 3.8) is 0 Å². The first-order valence-corrected chi connectivity index (χ1v) is 11.7. The van der Waals surface area contributed by atoms with Gasteiger partial charge >= 0.3 is 0 Å². The van der Waals surface area contributed by atoms with Crippen molar-refractivity contribution < 1.29 is 17.7 Å². The maximum absolute atomic E-state index is 11.9. The average Bonchev–Trinajstić information content (AvgIpc) is 3.11. The summed E-state index contributed by atoms with van der Waals surface area (Å²) in [5, 5.41) is 9.32. The lowest BCUT2D eigenvalue weighted by Gasteiger charge is -2.11. The first-order chi connectivity index (χ1) is 14.8. The Morgan fingerprint density at radius 3 is 2.00 bits per heavy atom. The van der Waals surface area contributed by atoms with Crippen LogP contribution >= 0.6 is 15.9 Å². The molecule has 0 amide bonds. The highest BCUT2D eigenvalue weighted by atomic mass is 79.9. The van der Waals surface area contributed by atoms with Crippen LogP contribution in [0.5, 0.6) is 5.75 Å². The number of hydrogen-bond acceptors (Lipinski definition) is 5. The molecule has 0 radical (unpaired) electrons. The maximum atomic E-state index is 11.9. The molecule has 2 N–H and O–H groups in total. The number of nitrogens with zero attached hydrogens (tertiary/aromatic N) is 1. The molecule has 0 atom stereocenters. The van der Waals surface area contributed by atoms with E-state index in [0.717, 1.165) is 28.0 Å². The molecule has 0 aliphatic carbocycles. The summed E-state index contributed by atoms with van der Waals surface area (Å²) in [4.78, 5) is 0.00190. The van der Waals surface area contributed by atoms with Crippen LogP contribution in [0.1, 0.15) is 5.69 Å². The van der Waals surface area contributed by atoms with Crippen LogP contribution in [0.4, 0.5) is 0 Å². The lowest BCUT2D eigenvalue weighted by molar-refractivity contribution is 0.415. The van der Waals surface area contributed by atoms with Crippen LogP contribution in [-0.2, 0) is 10.0 Å². The van der Waals surface area contributed by atoms with Gasteiger partial charge in [0.2, 0.25) is 10.0 Å². The molecule has 4 aromatic rings. The molecule has 0 saturated heterocycles.